The molecular formula is C37H45N9O2. The monoisotopic (exact) mass is 647 g/mol. The van der Waals surface area contributed by atoms with Crippen LogP contribution in [0.15, 0.2) is 42.6 Å². The fourth-order valence-electron chi connectivity index (χ4n) is 9.14. The maximum Gasteiger partial charge on any atom is 0.254 e. The summed E-state index contributed by atoms with van der Waals surface area (Å²) in [7, 11) is 3.70. The van der Waals surface area contributed by atoms with Gasteiger partial charge < -0.3 is 30.2 Å². The van der Waals surface area contributed by atoms with E-state index >= 15 is 0 Å². The number of carbonyl (C=O) groups excluding carboxylic acids is 1. The Morgan fingerprint density at radius 2 is 1.85 bits per heavy atom. The molecule has 4 N–H and O–H groups in total. The molecule has 0 unspecified atom stereocenters. The van der Waals surface area contributed by atoms with E-state index in [0.717, 1.165) is 83.5 Å². The van der Waals surface area contributed by atoms with Gasteiger partial charge in [-0.3, -0.25) is 4.79 Å². The Morgan fingerprint density at radius 1 is 1.04 bits per heavy atom. The zero-order valence-corrected chi connectivity index (χ0v) is 28.0. The number of amides is 1. The van der Waals surface area contributed by atoms with Crippen molar-refractivity contribution in [2.24, 2.45) is 36.3 Å². The summed E-state index contributed by atoms with van der Waals surface area (Å²) >= 11 is 0. The van der Waals surface area contributed by atoms with Gasteiger partial charge in [-0.2, -0.15) is 0 Å². The van der Waals surface area contributed by atoms with Crippen molar-refractivity contribution in [1.29, 1.82) is 0 Å². The first-order valence-electron chi connectivity index (χ1n) is 17.7. The topological polar surface area (TPSA) is 135 Å². The summed E-state index contributed by atoms with van der Waals surface area (Å²) in [6.07, 6.45) is 9.83. The van der Waals surface area contributed by atoms with Crippen LogP contribution in [0.1, 0.15) is 73.8 Å². The van der Waals surface area contributed by atoms with Crippen LogP contribution in [0.4, 0.5) is 0 Å². The second kappa shape index (κ2) is 11.2. The van der Waals surface area contributed by atoms with Crippen molar-refractivity contribution in [3.05, 3.63) is 53.9 Å². The van der Waals surface area contributed by atoms with Crippen LogP contribution in [-0.2, 0) is 13.6 Å². The molecule has 4 atom stereocenters. The maximum atomic E-state index is 13.9. The molecule has 3 saturated carbocycles. The lowest BCUT2D eigenvalue weighted by Crippen LogP contribution is -2.45. The Morgan fingerprint density at radius 3 is 2.58 bits per heavy atom. The molecule has 1 amide bonds. The van der Waals surface area contributed by atoms with E-state index in [4.69, 9.17) is 21.2 Å². The number of nitrogens with two attached hydrogens (primary N) is 2. The molecular weight excluding hydrogens is 602 g/mol. The van der Waals surface area contributed by atoms with E-state index in [2.05, 4.69) is 56.8 Å². The minimum absolute atomic E-state index is 0.00710. The summed E-state index contributed by atoms with van der Waals surface area (Å²) in [5, 5.41) is 10.4. The highest BCUT2D eigenvalue weighted by Gasteiger charge is 2.51. The van der Waals surface area contributed by atoms with Gasteiger partial charge >= 0.3 is 0 Å². The zero-order valence-electron chi connectivity index (χ0n) is 28.0. The number of fused-ring (bicyclic) bond motifs is 4. The predicted octanol–water partition coefficient (Wildman–Crippen LogP) is 4.99. The number of rotatable bonds is 7. The Labute approximate surface area is 280 Å². The van der Waals surface area contributed by atoms with Crippen LogP contribution in [-0.4, -0.2) is 71.7 Å². The van der Waals surface area contributed by atoms with Crippen molar-refractivity contribution in [2.45, 2.75) is 82.5 Å². The highest BCUT2D eigenvalue weighted by Crippen LogP contribution is 2.43. The average molecular weight is 648 g/mol. The van der Waals surface area contributed by atoms with Crippen molar-refractivity contribution >= 4 is 27.8 Å². The minimum Gasteiger partial charge on any atom is -0.494 e. The van der Waals surface area contributed by atoms with Crippen molar-refractivity contribution in [1.82, 2.24) is 34.0 Å². The number of methoxy groups -OCH3 is 1. The van der Waals surface area contributed by atoms with Gasteiger partial charge in [0.15, 0.2) is 5.82 Å². The number of hydrogen-bond acceptors (Lipinski definition) is 7. The van der Waals surface area contributed by atoms with E-state index in [1.807, 2.05) is 28.8 Å². The fourth-order valence-corrected chi connectivity index (χ4v) is 9.14. The quantitative estimate of drug-likeness (QED) is 0.254. The number of imidazole rings is 1. The van der Waals surface area contributed by atoms with Crippen molar-refractivity contribution < 1.29 is 9.53 Å². The number of aromatic nitrogens is 6. The molecule has 2 aromatic carbocycles. The lowest BCUT2D eigenvalue weighted by Gasteiger charge is -2.31. The summed E-state index contributed by atoms with van der Waals surface area (Å²) in [5.74, 6) is 3.29. The minimum atomic E-state index is 0.00710. The van der Waals surface area contributed by atoms with Gasteiger partial charge in [0.05, 0.1) is 41.4 Å². The van der Waals surface area contributed by atoms with Gasteiger partial charge in [0.2, 0.25) is 0 Å². The number of ether oxygens (including phenoxy) is 1. The van der Waals surface area contributed by atoms with Crippen LogP contribution < -0.4 is 16.2 Å². The first-order chi connectivity index (χ1) is 23.3. The molecule has 0 spiro atoms. The van der Waals surface area contributed by atoms with Gasteiger partial charge in [-0.25, -0.2) is 9.67 Å². The molecule has 3 aliphatic carbocycles. The SMILES string of the molecule is COc1cc(C(=O)N2C[C@H]3C[C@@H](C)[C@@H]2[C@@H]3N)cc2nc(-c3cc4cccc(-n5cc(C6CCC(N)CC6)nn5)c4n3CC3CC3)n(C)c12. The summed E-state index contributed by atoms with van der Waals surface area (Å²) in [6.45, 7) is 3.83. The van der Waals surface area contributed by atoms with Gasteiger partial charge in [0.25, 0.3) is 5.91 Å². The number of carbonyl (C=O) groups is 1. The standard InChI is InChI=1S/C37H45N9O2/c1-20-13-25-18-45(33(20)32(25)39)37(47)24-14-27-35(31(16-24)48-3)43(2)36(40-27)30-15-23-5-4-6-29(34(23)44(30)17-21-7-8-21)46-19-28(41-42-46)22-9-11-26(38)12-10-22/h4-6,14-16,19-22,25-26,32-33H,7-13,17-18,38-39H2,1-3H3/t20-,22?,25-,26?,32-,33-/m1/s1. The molecule has 0 radical (unpaired) electrons. The van der Waals surface area contributed by atoms with Crippen LogP contribution in [0.25, 0.3) is 39.1 Å². The molecule has 48 heavy (non-hydrogen) atoms. The summed E-state index contributed by atoms with van der Waals surface area (Å²) < 4.78 is 12.4. The second-order valence-electron chi connectivity index (χ2n) is 15.0. The number of para-hydroxylation sites is 1. The molecule has 1 aliphatic heterocycles. The molecule has 11 nitrogen and oxygen atoms in total. The zero-order chi connectivity index (χ0) is 32.8. The molecule has 250 valence electrons. The Kier molecular flexibility index (Phi) is 6.95. The maximum absolute atomic E-state index is 13.9. The summed E-state index contributed by atoms with van der Waals surface area (Å²) in [6, 6.07) is 12.9. The molecule has 4 fully saturated rings. The highest BCUT2D eigenvalue weighted by atomic mass is 16.5. The number of hydrogen-bond donors (Lipinski definition) is 2. The van der Waals surface area contributed by atoms with E-state index in [0.29, 0.717) is 47.6 Å². The van der Waals surface area contributed by atoms with E-state index < -0.39 is 0 Å². The molecule has 9 rings (SSSR count). The van der Waals surface area contributed by atoms with Crippen LogP contribution in [0.3, 0.4) is 0 Å². The Hall–Kier alpha value is -4.22. The van der Waals surface area contributed by atoms with Crippen molar-refractivity contribution in [3.63, 3.8) is 0 Å². The second-order valence-corrected chi connectivity index (χ2v) is 15.0. The van der Waals surface area contributed by atoms with E-state index in [1.54, 1.807) is 7.11 Å². The van der Waals surface area contributed by atoms with Crippen LogP contribution in [0, 0.1) is 17.8 Å². The lowest BCUT2D eigenvalue weighted by molar-refractivity contribution is 0.0649. The predicted molar refractivity (Wildman–Crippen MR) is 185 cm³/mol. The first-order valence-corrected chi connectivity index (χ1v) is 17.7. The summed E-state index contributed by atoms with van der Waals surface area (Å²) in [4.78, 5) is 21.2. The summed E-state index contributed by atoms with van der Waals surface area (Å²) in [5.41, 5.74) is 19.2. The van der Waals surface area contributed by atoms with Gasteiger partial charge in [-0.15, -0.1) is 5.10 Å². The largest absolute Gasteiger partial charge is 0.494 e. The first kappa shape index (κ1) is 29.9. The molecule has 11 heteroatoms. The number of nitrogens with zero attached hydrogens (tertiary/aromatic N) is 7. The third kappa shape index (κ3) is 4.69. The van der Waals surface area contributed by atoms with E-state index in [-0.39, 0.29) is 18.0 Å². The fraction of sp³-hybridized carbons (Fsp3) is 0.514. The van der Waals surface area contributed by atoms with Crippen LogP contribution in [0.5, 0.6) is 5.75 Å². The van der Waals surface area contributed by atoms with E-state index in [1.165, 1.54) is 12.8 Å². The van der Waals surface area contributed by atoms with Crippen molar-refractivity contribution in [3.8, 4) is 23.0 Å². The Bertz CT molecular complexity index is 2050. The Balaban J connectivity index is 1.13. The van der Waals surface area contributed by atoms with Crippen LogP contribution >= 0.6 is 0 Å². The smallest absolute Gasteiger partial charge is 0.254 e. The molecule has 1 saturated heterocycles. The number of aryl methyl sites for hydroxylation is 1. The number of likely N-dealkylation sites (tertiary alicyclic amines) is 1. The van der Waals surface area contributed by atoms with Gasteiger partial charge in [0, 0.05) is 55.1 Å². The van der Waals surface area contributed by atoms with Gasteiger partial charge in [-0.1, -0.05) is 24.3 Å². The molecule has 3 aromatic heterocycles. The van der Waals surface area contributed by atoms with Gasteiger partial charge in [0.1, 0.15) is 11.3 Å². The molecule has 4 heterocycles. The lowest BCUT2D eigenvalue weighted by atomic mass is 9.85. The molecule has 2 bridgehead atoms. The molecule has 4 aliphatic rings. The molecule has 5 aromatic rings. The number of benzene rings is 2. The third-order valence-corrected chi connectivity index (χ3v) is 11.9. The van der Waals surface area contributed by atoms with Crippen LogP contribution in [0.2, 0.25) is 0 Å². The third-order valence-electron chi connectivity index (χ3n) is 11.9. The average Bonchev–Trinajstić information content (AvgIpc) is 3.37. The number of piperidine rings is 1. The highest BCUT2D eigenvalue weighted by molar-refractivity contribution is 6.01. The van der Waals surface area contributed by atoms with E-state index in [9.17, 15) is 4.79 Å². The van der Waals surface area contributed by atoms with Gasteiger partial charge in [-0.05, 0) is 87.0 Å². The van der Waals surface area contributed by atoms with Crippen molar-refractivity contribution in [2.75, 3.05) is 13.7 Å². The normalized spacial score (nSPS) is 27.1.